The quantitative estimate of drug-likeness (QED) is 0.707. The molecule has 1 fully saturated rings. The minimum absolute atomic E-state index is 0.0813. The van der Waals surface area contributed by atoms with Crippen molar-refractivity contribution < 1.29 is 14.3 Å². The summed E-state index contributed by atoms with van der Waals surface area (Å²) >= 11 is 1.54. The van der Waals surface area contributed by atoms with Crippen molar-refractivity contribution in [2.45, 2.75) is 25.9 Å². The molecule has 0 bridgehead atoms. The Morgan fingerprint density at radius 3 is 2.96 bits per heavy atom. The van der Waals surface area contributed by atoms with Crippen LogP contribution in [0, 0.1) is 6.92 Å². The van der Waals surface area contributed by atoms with Crippen LogP contribution in [-0.4, -0.2) is 41.7 Å². The molecule has 6 nitrogen and oxygen atoms in total. The summed E-state index contributed by atoms with van der Waals surface area (Å²) in [6.45, 7) is 3.27. The lowest BCUT2D eigenvalue weighted by atomic mass is 10.0. The smallest absolute Gasteiger partial charge is 0.258 e. The van der Waals surface area contributed by atoms with Crippen molar-refractivity contribution in [2.24, 2.45) is 0 Å². The molecule has 7 heteroatoms. The number of ether oxygens (including phenoxy) is 2. The fourth-order valence-electron chi connectivity index (χ4n) is 3.12. The minimum atomic E-state index is -0.177. The van der Waals surface area contributed by atoms with Crippen LogP contribution in [0.25, 0.3) is 21.3 Å². The highest BCUT2D eigenvalue weighted by atomic mass is 32.1. The Morgan fingerprint density at radius 1 is 1.33 bits per heavy atom. The molecule has 1 atom stereocenters. The maximum Gasteiger partial charge on any atom is 0.258 e. The van der Waals surface area contributed by atoms with Gasteiger partial charge in [-0.25, -0.2) is 9.97 Å². The molecule has 1 aliphatic heterocycles. The van der Waals surface area contributed by atoms with E-state index in [2.05, 4.69) is 46.5 Å². The number of nitrogens with one attached hydrogen (secondary N) is 1. The van der Waals surface area contributed by atoms with E-state index in [4.69, 9.17) is 9.47 Å². The van der Waals surface area contributed by atoms with Gasteiger partial charge < -0.3 is 14.8 Å². The lowest BCUT2D eigenvalue weighted by molar-refractivity contribution is -0.123. The average molecular weight is 383 g/mol. The largest absolute Gasteiger partial charge is 0.467 e. The van der Waals surface area contributed by atoms with Crippen LogP contribution in [0.3, 0.4) is 0 Å². The van der Waals surface area contributed by atoms with Crippen LogP contribution in [0.2, 0.25) is 0 Å². The fraction of sp³-hybridized carbons (Fsp3) is 0.350. The van der Waals surface area contributed by atoms with Crippen molar-refractivity contribution in [3.8, 4) is 17.0 Å². The molecule has 1 aromatic carbocycles. The van der Waals surface area contributed by atoms with Crippen LogP contribution in [-0.2, 0) is 9.53 Å². The number of aromatic nitrogens is 2. The molecule has 1 aliphatic rings. The normalized spacial score (nSPS) is 16.6. The SMILES string of the molecule is Cc1ccc(-c2csc3ncnc(OCC(=O)NC[C@@H]4CCCO4)c23)cc1. The molecule has 2 aromatic heterocycles. The molecule has 1 saturated heterocycles. The zero-order valence-electron chi connectivity index (χ0n) is 15.1. The highest BCUT2D eigenvalue weighted by Crippen LogP contribution is 2.37. The summed E-state index contributed by atoms with van der Waals surface area (Å²) in [5.74, 6) is 0.258. The maximum absolute atomic E-state index is 12.1. The van der Waals surface area contributed by atoms with E-state index in [-0.39, 0.29) is 18.6 Å². The van der Waals surface area contributed by atoms with Crippen molar-refractivity contribution in [3.05, 3.63) is 41.5 Å². The van der Waals surface area contributed by atoms with Crippen LogP contribution >= 0.6 is 11.3 Å². The molecule has 3 aromatic rings. The number of carbonyl (C=O) groups excluding carboxylic acids is 1. The number of hydrogen-bond donors (Lipinski definition) is 1. The summed E-state index contributed by atoms with van der Waals surface area (Å²) in [5.41, 5.74) is 3.30. The number of carbonyl (C=O) groups is 1. The molecule has 0 saturated carbocycles. The molecule has 4 rings (SSSR count). The standard InChI is InChI=1S/C20H21N3O3S/c1-13-4-6-14(7-5-13)16-11-27-20-18(16)19(22-12-23-20)26-10-17(24)21-9-15-3-2-8-25-15/h4-7,11-12,15H,2-3,8-10H2,1H3,(H,21,24)/t15-/m0/s1. The molecule has 0 spiro atoms. The van der Waals surface area contributed by atoms with Crippen LogP contribution in [0.4, 0.5) is 0 Å². The first-order chi connectivity index (χ1) is 13.2. The van der Waals surface area contributed by atoms with Gasteiger partial charge in [0.05, 0.1) is 11.5 Å². The molecule has 140 valence electrons. The summed E-state index contributed by atoms with van der Waals surface area (Å²) in [6.07, 6.45) is 3.63. The molecular weight excluding hydrogens is 362 g/mol. The second-order valence-corrected chi connectivity index (χ2v) is 7.46. The number of nitrogens with zero attached hydrogens (tertiary/aromatic N) is 2. The molecule has 3 heterocycles. The Morgan fingerprint density at radius 2 is 2.19 bits per heavy atom. The number of amides is 1. The second kappa shape index (κ2) is 8.02. The third-order valence-electron chi connectivity index (χ3n) is 4.59. The zero-order chi connectivity index (χ0) is 18.6. The molecule has 0 unspecified atom stereocenters. The molecule has 1 amide bonds. The van der Waals surface area contributed by atoms with E-state index in [9.17, 15) is 4.79 Å². The molecule has 1 N–H and O–H groups in total. The van der Waals surface area contributed by atoms with E-state index in [0.717, 1.165) is 40.8 Å². The first-order valence-electron chi connectivity index (χ1n) is 9.01. The second-order valence-electron chi connectivity index (χ2n) is 6.60. The Bertz CT molecular complexity index is 933. The van der Waals surface area contributed by atoms with Gasteiger partial charge in [-0.3, -0.25) is 4.79 Å². The Kier molecular flexibility index (Phi) is 5.31. The monoisotopic (exact) mass is 383 g/mol. The van der Waals surface area contributed by atoms with Gasteiger partial charge in [0.25, 0.3) is 5.91 Å². The van der Waals surface area contributed by atoms with Gasteiger partial charge in [-0.15, -0.1) is 11.3 Å². The Labute approximate surface area is 161 Å². The fourth-order valence-corrected chi connectivity index (χ4v) is 4.03. The summed E-state index contributed by atoms with van der Waals surface area (Å²) in [6, 6.07) is 8.28. The van der Waals surface area contributed by atoms with Gasteiger partial charge >= 0.3 is 0 Å². The van der Waals surface area contributed by atoms with Gasteiger partial charge in [-0.1, -0.05) is 29.8 Å². The van der Waals surface area contributed by atoms with Gasteiger partial charge in [0.15, 0.2) is 6.61 Å². The number of rotatable bonds is 6. The van der Waals surface area contributed by atoms with E-state index in [1.807, 2.05) is 5.38 Å². The van der Waals surface area contributed by atoms with Crippen LogP contribution in [0.1, 0.15) is 18.4 Å². The van der Waals surface area contributed by atoms with Gasteiger partial charge in [-0.2, -0.15) is 0 Å². The minimum Gasteiger partial charge on any atom is -0.467 e. The highest BCUT2D eigenvalue weighted by Gasteiger charge is 2.18. The third-order valence-corrected chi connectivity index (χ3v) is 5.48. The van der Waals surface area contributed by atoms with E-state index in [0.29, 0.717) is 12.4 Å². The van der Waals surface area contributed by atoms with Crippen molar-refractivity contribution in [1.29, 1.82) is 0 Å². The summed E-state index contributed by atoms with van der Waals surface area (Å²) in [4.78, 5) is 21.5. The van der Waals surface area contributed by atoms with Gasteiger partial charge in [0, 0.05) is 24.1 Å². The van der Waals surface area contributed by atoms with Gasteiger partial charge in [-0.05, 0) is 25.3 Å². The lowest BCUT2D eigenvalue weighted by Gasteiger charge is -2.11. The summed E-state index contributed by atoms with van der Waals surface area (Å²) in [5, 5.41) is 5.76. The van der Waals surface area contributed by atoms with Crippen molar-refractivity contribution in [2.75, 3.05) is 19.8 Å². The Hall–Kier alpha value is -2.51. The molecule has 0 radical (unpaired) electrons. The number of thiophene rings is 1. The van der Waals surface area contributed by atoms with E-state index >= 15 is 0 Å². The van der Waals surface area contributed by atoms with Gasteiger partial charge in [0.2, 0.25) is 5.88 Å². The third kappa shape index (κ3) is 4.09. The van der Waals surface area contributed by atoms with Crippen LogP contribution in [0.5, 0.6) is 5.88 Å². The van der Waals surface area contributed by atoms with E-state index in [1.54, 1.807) is 11.3 Å². The number of aryl methyl sites for hydroxylation is 1. The number of benzene rings is 1. The molecular formula is C20H21N3O3S. The average Bonchev–Trinajstić information content (AvgIpc) is 3.35. The Balaban J connectivity index is 1.49. The lowest BCUT2D eigenvalue weighted by Crippen LogP contribution is -2.35. The highest BCUT2D eigenvalue weighted by molar-refractivity contribution is 7.17. The van der Waals surface area contributed by atoms with E-state index in [1.165, 1.54) is 11.9 Å². The number of fused-ring (bicyclic) bond motifs is 1. The van der Waals surface area contributed by atoms with Crippen LogP contribution < -0.4 is 10.1 Å². The topological polar surface area (TPSA) is 73.3 Å². The maximum atomic E-state index is 12.1. The predicted octanol–water partition coefficient (Wildman–Crippen LogP) is 3.34. The summed E-state index contributed by atoms with van der Waals surface area (Å²) in [7, 11) is 0. The van der Waals surface area contributed by atoms with Gasteiger partial charge in [0.1, 0.15) is 11.2 Å². The van der Waals surface area contributed by atoms with Crippen LogP contribution in [0.15, 0.2) is 36.0 Å². The zero-order valence-corrected chi connectivity index (χ0v) is 15.9. The summed E-state index contributed by atoms with van der Waals surface area (Å²) < 4.78 is 11.3. The van der Waals surface area contributed by atoms with E-state index < -0.39 is 0 Å². The van der Waals surface area contributed by atoms with Crippen molar-refractivity contribution in [1.82, 2.24) is 15.3 Å². The first-order valence-corrected chi connectivity index (χ1v) is 9.89. The first kappa shape index (κ1) is 17.9. The predicted molar refractivity (Wildman–Crippen MR) is 105 cm³/mol. The molecule has 27 heavy (non-hydrogen) atoms. The van der Waals surface area contributed by atoms with Crippen molar-refractivity contribution in [3.63, 3.8) is 0 Å². The molecule has 0 aliphatic carbocycles. The number of hydrogen-bond acceptors (Lipinski definition) is 6. The van der Waals surface area contributed by atoms with Crippen molar-refractivity contribution >= 4 is 27.5 Å².